The minimum atomic E-state index is 1.42. The van der Waals surface area contributed by atoms with Gasteiger partial charge < -0.3 is 0 Å². The molecule has 10 aromatic carbocycles. The quantitative estimate of drug-likeness (QED) is 0.138. The SMILES string of the molecule is c1cc2sc3c4scc5c6cccc7sc8c9scc%10c%11cccc%12sc%13c%14scc%15c(c1)c2c3c1c(c54)c(c8c76)c(c%109)c(c%13c%12%11)c1c%15%14. The highest BCUT2D eigenvalue weighted by atomic mass is 32.1. The Morgan fingerprint density at radius 2 is 0.562 bits per heavy atom. The molecule has 0 atom stereocenters. The van der Waals surface area contributed by atoms with Crippen molar-refractivity contribution in [2.75, 3.05) is 0 Å². The summed E-state index contributed by atoms with van der Waals surface area (Å²) >= 11 is 12.0. The van der Waals surface area contributed by atoms with Crippen LogP contribution in [0.5, 0.6) is 0 Å². The van der Waals surface area contributed by atoms with Crippen LogP contribution in [0.3, 0.4) is 0 Å². The molecule has 0 aliphatic rings. The molecule has 0 fully saturated rings. The maximum atomic E-state index is 2.50. The number of thiophene rings is 6. The van der Waals surface area contributed by atoms with Gasteiger partial charge in [-0.05, 0) is 50.5 Å². The molecule has 0 amide bonds. The fraction of sp³-hybridized carbons (Fsp3) is 0. The molecule has 0 radical (unpaired) electrons. The van der Waals surface area contributed by atoms with Crippen molar-refractivity contribution >= 4 is 223 Å². The van der Waals surface area contributed by atoms with Gasteiger partial charge in [-0.3, -0.25) is 0 Å². The molecule has 6 heteroatoms. The van der Waals surface area contributed by atoms with Crippen molar-refractivity contribution in [3.63, 3.8) is 0 Å². The van der Waals surface area contributed by atoms with Gasteiger partial charge in [-0.15, -0.1) is 68.0 Å². The van der Waals surface area contributed by atoms with E-state index < -0.39 is 0 Å². The van der Waals surface area contributed by atoms with Crippen LogP contribution in [0.25, 0.3) is 155 Å². The molecule has 0 N–H and O–H groups in total. The Morgan fingerprint density at radius 3 is 0.896 bits per heavy atom. The van der Waals surface area contributed by atoms with Crippen LogP contribution in [0.2, 0.25) is 0 Å². The molecule has 0 spiro atoms. The average molecular weight is 709 g/mol. The summed E-state index contributed by atoms with van der Waals surface area (Å²) in [7, 11) is 0. The Labute approximate surface area is 291 Å². The molecule has 16 rings (SSSR count). The molecular weight excluding hydrogens is 697 g/mol. The van der Waals surface area contributed by atoms with Crippen LogP contribution in [0.1, 0.15) is 0 Å². The molecule has 0 saturated carbocycles. The van der Waals surface area contributed by atoms with E-state index in [0.717, 1.165) is 0 Å². The summed E-state index contributed by atoms with van der Waals surface area (Å²) in [6, 6.07) is 21.3. The van der Waals surface area contributed by atoms with Crippen molar-refractivity contribution < 1.29 is 0 Å². The number of hydrogen-bond donors (Lipinski definition) is 0. The van der Waals surface area contributed by atoms with Gasteiger partial charge in [0.05, 0.1) is 28.2 Å². The maximum Gasteiger partial charge on any atom is 0.0540 e. The van der Waals surface area contributed by atoms with Crippen molar-refractivity contribution in [3.05, 3.63) is 70.7 Å². The summed E-state index contributed by atoms with van der Waals surface area (Å²) in [6.07, 6.45) is 0. The second-order valence-corrected chi connectivity index (χ2v) is 19.6. The van der Waals surface area contributed by atoms with Crippen molar-refractivity contribution in [1.29, 1.82) is 0 Å². The normalized spacial score (nSPS) is 14.2. The molecule has 0 aliphatic heterocycles. The van der Waals surface area contributed by atoms with Gasteiger partial charge in [0.15, 0.2) is 0 Å². The van der Waals surface area contributed by atoms with Gasteiger partial charge in [0.2, 0.25) is 0 Å². The van der Waals surface area contributed by atoms with Gasteiger partial charge in [0.25, 0.3) is 0 Å². The van der Waals surface area contributed by atoms with Gasteiger partial charge in [-0.1, -0.05) is 36.4 Å². The summed E-state index contributed by atoms with van der Waals surface area (Å²) in [5.74, 6) is 0. The highest BCUT2D eigenvalue weighted by Gasteiger charge is 2.33. The number of hydrogen-bond acceptors (Lipinski definition) is 6. The van der Waals surface area contributed by atoms with E-state index in [1.54, 1.807) is 0 Å². The summed E-state index contributed by atoms with van der Waals surface area (Å²) in [5, 5.41) is 38.6. The molecular formula is C42H12S6. The maximum absolute atomic E-state index is 2.50. The summed E-state index contributed by atoms with van der Waals surface area (Å²) in [6.45, 7) is 0. The second-order valence-electron chi connectivity index (χ2n) is 13.8. The molecule has 0 saturated heterocycles. The highest BCUT2D eigenvalue weighted by Crippen LogP contribution is 2.64. The third-order valence-electron chi connectivity index (χ3n) is 12.0. The van der Waals surface area contributed by atoms with E-state index in [1.165, 1.54) is 155 Å². The Bertz CT molecular complexity index is 3620. The second kappa shape index (κ2) is 6.96. The zero-order valence-corrected chi connectivity index (χ0v) is 29.3. The topological polar surface area (TPSA) is 0 Å². The fourth-order valence-electron chi connectivity index (χ4n) is 10.5. The molecule has 0 unspecified atom stereocenters. The minimum absolute atomic E-state index is 1.42. The predicted octanol–water partition coefficient (Wildman–Crippen LogP) is 16.0. The van der Waals surface area contributed by atoms with Crippen LogP contribution >= 0.6 is 68.0 Å². The first kappa shape index (κ1) is 23.3. The first-order chi connectivity index (χ1) is 23.8. The smallest absolute Gasteiger partial charge is 0.0540 e. The van der Waals surface area contributed by atoms with E-state index in [9.17, 15) is 0 Å². The lowest BCUT2D eigenvalue weighted by Gasteiger charge is -2.16. The molecule has 48 heavy (non-hydrogen) atoms. The van der Waals surface area contributed by atoms with Crippen molar-refractivity contribution in [1.82, 2.24) is 0 Å². The fourth-order valence-corrected chi connectivity index (χ4v) is 17.9. The number of fused-ring (bicyclic) bond motifs is 6. The largest absolute Gasteiger partial charge is 0.142 e. The lowest BCUT2D eigenvalue weighted by Crippen LogP contribution is -1.87. The van der Waals surface area contributed by atoms with Crippen molar-refractivity contribution in [2.24, 2.45) is 0 Å². The van der Waals surface area contributed by atoms with Crippen LogP contribution in [-0.2, 0) is 0 Å². The van der Waals surface area contributed by atoms with E-state index >= 15 is 0 Å². The van der Waals surface area contributed by atoms with Gasteiger partial charge in [0.1, 0.15) is 0 Å². The molecule has 16 aromatic rings. The molecule has 0 bridgehead atoms. The molecule has 216 valence electrons. The summed E-state index contributed by atoms with van der Waals surface area (Å²) in [4.78, 5) is 0. The van der Waals surface area contributed by atoms with Crippen LogP contribution in [0.4, 0.5) is 0 Å². The van der Waals surface area contributed by atoms with E-state index in [-0.39, 0.29) is 0 Å². The number of rotatable bonds is 0. The molecule has 0 nitrogen and oxygen atoms in total. The van der Waals surface area contributed by atoms with Gasteiger partial charge in [-0.25, -0.2) is 0 Å². The monoisotopic (exact) mass is 708 g/mol. The van der Waals surface area contributed by atoms with E-state index in [2.05, 4.69) is 70.7 Å². The highest BCUT2D eigenvalue weighted by molar-refractivity contribution is 7.33. The van der Waals surface area contributed by atoms with Gasteiger partial charge >= 0.3 is 0 Å². The number of benzene rings is 7. The van der Waals surface area contributed by atoms with Crippen molar-refractivity contribution in [3.8, 4) is 0 Å². The lowest BCUT2D eigenvalue weighted by molar-refractivity contribution is 1.94. The summed E-state index contributed by atoms with van der Waals surface area (Å²) in [5.41, 5.74) is 0. The van der Waals surface area contributed by atoms with Crippen LogP contribution in [-0.4, -0.2) is 0 Å². The Balaban J connectivity index is 1.52. The molecule has 0 aliphatic carbocycles. The van der Waals surface area contributed by atoms with Crippen LogP contribution < -0.4 is 0 Å². The van der Waals surface area contributed by atoms with E-state index in [4.69, 9.17) is 0 Å². The Hall–Kier alpha value is -4.14. The molecule has 6 heterocycles. The Morgan fingerprint density at radius 1 is 0.250 bits per heavy atom. The van der Waals surface area contributed by atoms with Gasteiger partial charge in [-0.2, -0.15) is 0 Å². The zero-order valence-electron chi connectivity index (χ0n) is 24.4. The lowest BCUT2D eigenvalue weighted by atomic mass is 9.86. The van der Waals surface area contributed by atoms with E-state index in [0.29, 0.717) is 0 Å². The predicted molar refractivity (Wildman–Crippen MR) is 223 cm³/mol. The third kappa shape index (κ3) is 2.05. The first-order valence-electron chi connectivity index (χ1n) is 16.1. The Kier molecular flexibility index (Phi) is 3.37. The molecule has 6 aromatic heterocycles. The van der Waals surface area contributed by atoms with Crippen molar-refractivity contribution in [2.45, 2.75) is 0 Å². The average Bonchev–Trinajstić information content (AvgIpc) is 3.94. The minimum Gasteiger partial charge on any atom is -0.142 e. The van der Waals surface area contributed by atoms with Crippen LogP contribution in [0, 0.1) is 0 Å². The standard InChI is InChI=1S/C42H12S6/c1-4-13-16-10-43-37-25(16)28-31-29-26-17(11-44-38(26)40-34(31)22(13)19(7-1)46-40)14-5-2-9-21-24(14)36-33(29)30-27-18(12-45-39(27)42(36)48-21)15-6-3-8-20-23(15)35(32(28)30)41(37)47-20/h1-12H. The third-order valence-corrected chi connectivity index (χ3v) is 18.9. The van der Waals surface area contributed by atoms with Gasteiger partial charge in [0, 0.05) is 111 Å². The first-order valence-corrected chi connectivity index (χ1v) is 21.2. The summed E-state index contributed by atoms with van der Waals surface area (Å²) < 4.78 is 13.1. The van der Waals surface area contributed by atoms with E-state index in [1.807, 2.05) is 68.0 Å². The zero-order chi connectivity index (χ0) is 30.0. The van der Waals surface area contributed by atoms with Crippen LogP contribution in [0.15, 0.2) is 70.7 Å².